The van der Waals surface area contributed by atoms with Crippen molar-refractivity contribution in [2.24, 2.45) is 0 Å². The predicted molar refractivity (Wildman–Crippen MR) is 60.7 cm³/mol. The Morgan fingerprint density at radius 2 is 2.19 bits per heavy atom. The lowest BCUT2D eigenvalue weighted by Crippen LogP contribution is -2.28. The third kappa shape index (κ3) is 1.53. The van der Waals surface area contributed by atoms with Crippen LogP contribution in [-0.4, -0.2) is 27.7 Å². The fourth-order valence-corrected chi connectivity index (χ4v) is 2.27. The normalized spacial score (nSPS) is 18.0. The lowest BCUT2D eigenvalue weighted by atomic mass is 9.94. The molecule has 2 N–H and O–H groups in total. The Bertz CT molecular complexity index is 550. The molecule has 16 heavy (non-hydrogen) atoms. The van der Waals surface area contributed by atoms with Crippen LogP contribution in [-0.2, 0) is 0 Å². The van der Waals surface area contributed by atoms with Crippen LogP contribution >= 0.6 is 0 Å². The van der Waals surface area contributed by atoms with Gasteiger partial charge in [0, 0.05) is 24.2 Å². The van der Waals surface area contributed by atoms with Gasteiger partial charge in [0.05, 0.1) is 5.69 Å². The number of hydrogen-bond donors (Lipinski definition) is 2. The number of piperidine rings is 1. The molecule has 2 aromatic rings. The predicted octanol–water partition coefficient (Wildman–Crippen LogP) is 0.490. The molecule has 1 fully saturated rings. The summed E-state index contributed by atoms with van der Waals surface area (Å²) in [6.07, 6.45) is 3.86. The lowest BCUT2D eigenvalue weighted by molar-refractivity contribution is 0.453. The summed E-state index contributed by atoms with van der Waals surface area (Å²) in [4.78, 5) is 16.3. The van der Waals surface area contributed by atoms with E-state index in [0.29, 0.717) is 11.6 Å². The van der Waals surface area contributed by atoms with Crippen LogP contribution < -0.4 is 10.9 Å². The zero-order chi connectivity index (χ0) is 11.0. The number of hydrogen-bond acceptors (Lipinski definition) is 3. The highest BCUT2D eigenvalue weighted by Crippen LogP contribution is 2.22. The second-order valence-electron chi connectivity index (χ2n) is 4.20. The number of rotatable bonds is 1. The molecule has 1 aliphatic rings. The Labute approximate surface area is 92.5 Å². The van der Waals surface area contributed by atoms with E-state index in [1.165, 1.54) is 4.52 Å². The number of nitrogens with one attached hydrogen (secondary N) is 2. The molecular weight excluding hydrogens is 204 g/mol. The Hall–Kier alpha value is -1.62. The molecule has 0 radical (unpaired) electrons. The fraction of sp³-hybridized carbons (Fsp3) is 0.455. The first-order valence-electron chi connectivity index (χ1n) is 5.62. The Morgan fingerprint density at radius 3 is 3.00 bits per heavy atom. The van der Waals surface area contributed by atoms with Gasteiger partial charge in [-0.2, -0.15) is 0 Å². The maximum absolute atomic E-state index is 11.8. The Morgan fingerprint density at radius 1 is 1.38 bits per heavy atom. The molecule has 1 aliphatic heterocycles. The first kappa shape index (κ1) is 9.59. The molecule has 5 heteroatoms. The van der Waals surface area contributed by atoms with Gasteiger partial charge in [0.15, 0.2) is 5.65 Å². The van der Waals surface area contributed by atoms with Crippen molar-refractivity contribution >= 4 is 5.65 Å². The average molecular weight is 218 g/mol. The number of aromatic amines is 1. The van der Waals surface area contributed by atoms with E-state index in [4.69, 9.17) is 0 Å². The summed E-state index contributed by atoms with van der Waals surface area (Å²) in [5.74, 6) is 0.425. The molecule has 0 aromatic carbocycles. The molecule has 0 spiro atoms. The Kier molecular flexibility index (Phi) is 2.25. The monoisotopic (exact) mass is 218 g/mol. The van der Waals surface area contributed by atoms with Gasteiger partial charge in [0.25, 0.3) is 5.56 Å². The molecule has 0 saturated carbocycles. The lowest BCUT2D eigenvalue weighted by Gasteiger charge is -2.21. The standard InChI is InChI=1S/C11H14N4O/c16-11-7-9(8-1-4-12-5-2-8)14-10-3-6-13-15(10)11/h3,6-8,12-13H,1-2,4-5H2. The molecule has 5 nitrogen and oxygen atoms in total. The minimum absolute atomic E-state index is 0.0245. The summed E-state index contributed by atoms with van der Waals surface area (Å²) >= 11 is 0. The largest absolute Gasteiger partial charge is 0.317 e. The molecule has 0 aliphatic carbocycles. The highest BCUT2D eigenvalue weighted by atomic mass is 16.1. The van der Waals surface area contributed by atoms with Gasteiger partial charge in [0.2, 0.25) is 0 Å². The second kappa shape index (κ2) is 3.75. The van der Waals surface area contributed by atoms with E-state index in [1.807, 2.05) is 6.07 Å². The zero-order valence-corrected chi connectivity index (χ0v) is 8.94. The van der Waals surface area contributed by atoms with Crippen molar-refractivity contribution in [2.45, 2.75) is 18.8 Å². The molecule has 3 rings (SSSR count). The summed E-state index contributed by atoms with van der Waals surface area (Å²) in [6, 6.07) is 3.48. The second-order valence-corrected chi connectivity index (χ2v) is 4.20. The molecule has 84 valence electrons. The summed E-state index contributed by atoms with van der Waals surface area (Å²) in [6.45, 7) is 2.03. The van der Waals surface area contributed by atoms with Crippen LogP contribution in [0.1, 0.15) is 24.5 Å². The van der Waals surface area contributed by atoms with Crippen molar-refractivity contribution in [3.8, 4) is 0 Å². The van der Waals surface area contributed by atoms with E-state index in [-0.39, 0.29) is 5.56 Å². The van der Waals surface area contributed by atoms with Crippen LogP contribution in [0.15, 0.2) is 23.1 Å². The highest BCUT2D eigenvalue weighted by molar-refractivity contribution is 5.37. The van der Waals surface area contributed by atoms with Gasteiger partial charge < -0.3 is 5.32 Å². The van der Waals surface area contributed by atoms with Gasteiger partial charge in [-0.05, 0) is 25.9 Å². The third-order valence-corrected chi connectivity index (χ3v) is 3.16. The van der Waals surface area contributed by atoms with Crippen LogP contribution in [0.25, 0.3) is 5.65 Å². The minimum atomic E-state index is -0.0245. The molecule has 0 amide bonds. The van der Waals surface area contributed by atoms with E-state index in [0.717, 1.165) is 31.6 Å². The van der Waals surface area contributed by atoms with Crippen molar-refractivity contribution in [1.29, 1.82) is 0 Å². The minimum Gasteiger partial charge on any atom is -0.317 e. The molecule has 1 saturated heterocycles. The van der Waals surface area contributed by atoms with Crippen LogP contribution in [0.4, 0.5) is 0 Å². The maximum atomic E-state index is 11.8. The van der Waals surface area contributed by atoms with Gasteiger partial charge in [-0.3, -0.25) is 9.89 Å². The fourth-order valence-electron chi connectivity index (χ4n) is 2.27. The van der Waals surface area contributed by atoms with Gasteiger partial charge in [0.1, 0.15) is 0 Å². The first-order valence-corrected chi connectivity index (χ1v) is 5.62. The van der Waals surface area contributed by atoms with Gasteiger partial charge in [-0.1, -0.05) is 0 Å². The number of H-pyrrole nitrogens is 1. The number of fused-ring (bicyclic) bond motifs is 1. The van der Waals surface area contributed by atoms with E-state index in [1.54, 1.807) is 12.3 Å². The number of aromatic nitrogens is 3. The van der Waals surface area contributed by atoms with E-state index in [9.17, 15) is 4.79 Å². The topological polar surface area (TPSA) is 62.2 Å². The summed E-state index contributed by atoms with van der Waals surface area (Å²) < 4.78 is 1.46. The summed E-state index contributed by atoms with van der Waals surface area (Å²) in [5, 5.41) is 6.16. The molecule has 0 unspecified atom stereocenters. The Balaban J connectivity index is 2.06. The highest BCUT2D eigenvalue weighted by Gasteiger charge is 2.17. The molecule has 2 aromatic heterocycles. The SMILES string of the molecule is O=c1cc(C2CCNCC2)nc2cc[nH]n12. The van der Waals surface area contributed by atoms with Crippen LogP contribution in [0.5, 0.6) is 0 Å². The van der Waals surface area contributed by atoms with E-state index < -0.39 is 0 Å². The smallest absolute Gasteiger partial charge is 0.272 e. The quantitative estimate of drug-likeness (QED) is 0.732. The van der Waals surface area contributed by atoms with Crippen LogP contribution in [0.3, 0.4) is 0 Å². The number of nitrogens with zero attached hydrogens (tertiary/aromatic N) is 2. The van der Waals surface area contributed by atoms with Gasteiger partial charge in [-0.25, -0.2) is 9.50 Å². The first-order chi connectivity index (χ1) is 7.84. The maximum Gasteiger partial charge on any atom is 0.272 e. The molecule has 0 atom stereocenters. The van der Waals surface area contributed by atoms with E-state index >= 15 is 0 Å². The van der Waals surface area contributed by atoms with E-state index in [2.05, 4.69) is 15.4 Å². The third-order valence-electron chi connectivity index (χ3n) is 3.16. The van der Waals surface area contributed by atoms with Crippen molar-refractivity contribution in [2.75, 3.05) is 13.1 Å². The summed E-state index contributed by atoms with van der Waals surface area (Å²) in [7, 11) is 0. The summed E-state index contributed by atoms with van der Waals surface area (Å²) in [5.41, 5.74) is 1.62. The van der Waals surface area contributed by atoms with Crippen molar-refractivity contribution < 1.29 is 0 Å². The van der Waals surface area contributed by atoms with Crippen molar-refractivity contribution in [1.82, 2.24) is 19.9 Å². The molecular formula is C11H14N4O. The van der Waals surface area contributed by atoms with Crippen molar-refractivity contribution in [3.05, 3.63) is 34.4 Å². The van der Waals surface area contributed by atoms with Crippen LogP contribution in [0, 0.1) is 0 Å². The van der Waals surface area contributed by atoms with Crippen LogP contribution in [0.2, 0.25) is 0 Å². The van der Waals surface area contributed by atoms with Gasteiger partial charge >= 0.3 is 0 Å². The molecule has 0 bridgehead atoms. The molecule has 3 heterocycles. The average Bonchev–Trinajstić information content (AvgIpc) is 2.79. The van der Waals surface area contributed by atoms with Crippen molar-refractivity contribution in [3.63, 3.8) is 0 Å². The van der Waals surface area contributed by atoms with Gasteiger partial charge in [-0.15, -0.1) is 0 Å². The zero-order valence-electron chi connectivity index (χ0n) is 8.94.